The van der Waals surface area contributed by atoms with E-state index in [-0.39, 0.29) is 0 Å². The van der Waals surface area contributed by atoms with E-state index in [2.05, 4.69) is 24.1 Å². The van der Waals surface area contributed by atoms with Gasteiger partial charge < -0.3 is 9.73 Å². The smallest absolute Gasteiger partial charge is 0.195 e. The van der Waals surface area contributed by atoms with Crippen LogP contribution in [0, 0.1) is 5.41 Å². The van der Waals surface area contributed by atoms with Crippen molar-refractivity contribution in [3.05, 3.63) is 17.8 Å². The van der Waals surface area contributed by atoms with Crippen LogP contribution >= 0.6 is 0 Å². The normalized spacial score (nSPS) is 26.7. The second-order valence-electron chi connectivity index (χ2n) is 6.57. The van der Waals surface area contributed by atoms with E-state index in [9.17, 15) is 0 Å². The van der Waals surface area contributed by atoms with Crippen LogP contribution in [0.1, 0.15) is 63.5 Å². The van der Waals surface area contributed by atoms with Crippen molar-refractivity contribution in [1.29, 1.82) is 0 Å². The molecule has 0 aromatic carbocycles. The molecule has 0 radical (unpaired) electrons. The molecular formula is C15H24N2O. The minimum atomic E-state index is 0.378. The first kappa shape index (κ1) is 12.2. The lowest BCUT2D eigenvalue weighted by molar-refractivity contribution is 0.287. The Balaban J connectivity index is 1.58. The van der Waals surface area contributed by atoms with Crippen molar-refractivity contribution in [2.75, 3.05) is 6.54 Å². The highest BCUT2D eigenvalue weighted by Gasteiger charge is 2.37. The first-order valence-electron chi connectivity index (χ1n) is 7.33. The van der Waals surface area contributed by atoms with Gasteiger partial charge in [0.25, 0.3) is 0 Å². The lowest BCUT2D eigenvalue weighted by Crippen LogP contribution is -2.19. The lowest BCUT2D eigenvalue weighted by atomic mass is 9.81. The monoisotopic (exact) mass is 248 g/mol. The topological polar surface area (TPSA) is 38.1 Å². The summed E-state index contributed by atoms with van der Waals surface area (Å²) in [7, 11) is 0. The van der Waals surface area contributed by atoms with Crippen molar-refractivity contribution in [3.8, 4) is 0 Å². The number of rotatable bonds is 5. The molecule has 0 bridgehead atoms. The Morgan fingerprint density at radius 1 is 1.39 bits per heavy atom. The molecule has 1 heterocycles. The van der Waals surface area contributed by atoms with Crippen molar-refractivity contribution in [1.82, 2.24) is 10.3 Å². The molecule has 0 amide bonds. The van der Waals surface area contributed by atoms with Crippen LogP contribution in [-0.2, 0) is 6.42 Å². The molecule has 3 heteroatoms. The third-order valence-corrected chi connectivity index (χ3v) is 4.52. The molecule has 2 fully saturated rings. The van der Waals surface area contributed by atoms with Crippen LogP contribution in [0.2, 0.25) is 0 Å². The Morgan fingerprint density at radius 2 is 2.22 bits per heavy atom. The molecule has 100 valence electrons. The van der Waals surface area contributed by atoms with E-state index in [0.717, 1.165) is 30.7 Å². The zero-order valence-corrected chi connectivity index (χ0v) is 11.5. The van der Waals surface area contributed by atoms with Gasteiger partial charge in [0.05, 0.1) is 6.20 Å². The van der Waals surface area contributed by atoms with Gasteiger partial charge in [0.2, 0.25) is 0 Å². The molecular weight excluding hydrogens is 224 g/mol. The second kappa shape index (κ2) is 4.69. The number of aromatic nitrogens is 1. The predicted molar refractivity (Wildman–Crippen MR) is 71.6 cm³/mol. The molecule has 0 saturated heterocycles. The molecule has 2 aliphatic rings. The number of nitrogens with zero attached hydrogens (tertiary/aromatic N) is 1. The van der Waals surface area contributed by atoms with Gasteiger partial charge in [-0.25, -0.2) is 4.98 Å². The van der Waals surface area contributed by atoms with Crippen molar-refractivity contribution in [2.24, 2.45) is 5.41 Å². The Kier molecular flexibility index (Phi) is 3.18. The van der Waals surface area contributed by atoms with Crippen LogP contribution in [0.4, 0.5) is 0 Å². The van der Waals surface area contributed by atoms with E-state index < -0.39 is 0 Å². The SMILES string of the molecule is CC1(C)CCCC1c1cnc(CCNC2CC2)o1. The standard InChI is InChI=1S/C15H24N2O/c1-15(2)8-3-4-12(15)13-10-17-14(18-13)7-9-16-11-5-6-11/h10-12,16H,3-9H2,1-2H3. The van der Waals surface area contributed by atoms with Gasteiger partial charge in [-0.3, -0.25) is 0 Å². The van der Waals surface area contributed by atoms with E-state index in [4.69, 9.17) is 4.42 Å². The first-order valence-corrected chi connectivity index (χ1v) is 7.33. The largest absolute Gasteiger partial charge is 0.445 e. The summed E-state index contributed by atoms with van der Waals surface area (Å²) >= 11 is 0. The third-order valence-electron chi connectivity index (χ3n) is 4.52. The Bertz CT molecular complexity index is 406. The molecule has 1 unspecified atom stereocenters. The fraction of sp³-hybridized carbons (Fsp3) is 0.800. The Labute approximate surface area is 109 Å². The third kappa shape index (κ3) is 2.61. The molecule has 1 atom stereocenters. The summed E-state index contributed by atoms with van der Waals surface area (Å²) in [5.74, 6) is 2.58. The van der Waals surface area contributed by atoms with Crippen LogP contribution in [0.5, 0.6) is 0 Å². The van der Waals surface area contributed by atoms with Crippen LogP contribution < -0.4 is 5.32 Å². The van der Waals surface area contributed by atoms with E-state index in [1.54, 1.807) is 0 Å². The Morgan fingerprint density at radius 3 is 2.89 bits per heavy atom. The molecule has 3 rings (SSSR count). The van der Waals surface area contributed by atoms with Gasteiger partial charge in [0, 0.05) is 24.9 Å². The fourth-order valence-electron chi connectivity index (χ4n) is 3.13. The minimum Gasteiger partial charge on any atom is -0.445 e. The molecule has 1 N–H and O–H groups in total. The molecule has 2 aliphatic carbocycles. The second-order valence-corrected chi connectivity index (χ2v) is 6.57. The van der Waals surface area contributed by atoms with Gasteiger partial charge in [0.15, 0.2) is 5.89 Å². The summed E-state index contributed by atoms with van der Waals surface area (Å²) in [6.45, 7) is 5.70. The summed E-state index contributed by atoms with van der Waals surface area (Å²) in [6.07, 6.45) is 9.43. The highest BCUT2D eigenvalue weighted by atomic mass is 16.4. The van der Waals surface area contributed by atoms with Crippen molar-refractivity contribution in [3.63, 3.8) is 0 Å². The zero-order chi connectivity index (χ0) is 12.6. The summed E-state index contributed by atoms with van der Waals surface area (Å²) in [5.41, 5.74) is 0.378. The van der Waals surface area contributed by atoms with Crippen molar-refractivity contribution >= 4 is 0 Å². The van der Waals surface area contributed by atoms with Gasteiger partial charge in [-0.1, -0.05) is 20.3 Å². The van der Waals surface area contributed by atoms with E-state index in [1.807, 2.05) is 6.20 Å². The summed E-state index contributed by atoms with van der Waals surface area (Å²) in [4.78, 5) is 4.44. The number of hydrogen-bond acceptors (Lipinski definition) is 3. The average Bonchev–Trinajstić information content (AvgIpc) is 2.90. The van der Waals surface area contributed by atoms with E-state index in [0.29, 0.717) is 11.3 Å². The molecule has 0 spiro atoms. The predicted octanol–water partition coefficient (Wildman–Crippen LogP) is 3.26. The molecule has 0 aliphatic heterocycles. The lowest BCUT2D eigenvalue weighted by Gasteiger charge is -2.24. The maximum absolute atomic E-state index is 5.95. The van der Waals surface area contributed by atoms with Crippen LogP contribution in [0.25, 0.3) is 0 Å². The maximum atomic E-state index is 5.95. The molecule has 2 saturated carbocycles. The summed E-state index contributed by atoms with van der Waals surface area (Å²) in [6, 6.07) is 0.771. The summed E-state index contributed by atoms with van der Waals surface area (Å²) < 4.78 is 5.95. The first-order chi connectivity index (χ1) is 8.65. The quantitative estimate of drug-likeness (QED) is 0.869. The van der Waals surface area contributed by atoms with Crippen molar-refractivity contribution in [2.45, 2.75) is 64.3 Å². The van der Waals surface area contributed by atoms with E-state index in [1.165, 1.54) is 32.1 Å². The van der Waals surface area contributed by atoms with Gasteiger partial charge in [-0.2, -0.15) is 0 Å². The number of oxazole rings is 1. The maximum Gasteiger partial charge on any atom is 0.195 e. The zero-order valence-electron chi connectivity index (χ0n) is 11.5. The van der Waals surface area contributed by atoms with Crippen LogP contribution in [0.3, 0.4) is 0 Å². The molecule has 18 heavy (non-hydrogen) atoms. The summed E-state index contributed by atoms with van der Waals surface area (Å²) in [5, 5.41) is 3.50. The Hall–Kier alpha value is -0.830. The van der Waals surface area contributed by atoms with Gasteiger partial charge in [-0.05, 0) is 31.1 Å². The van der Waals surface area contributed by atoms with E-state index >= 15 is 0 Å². The highest BCUT2D eigenvalue weighted by molar-refractivity contribution is 5.09. The molecule has 1 aromatic rings. The number of hydrogen-bond donors (Lipinski definition) is 1. The van der Waals surface area contributed by atoms with Crippen LogP contribution in [0.15, 0.2) is 10.6 Å². The van der Waals surface area contributed by atoms with Gasteiger partial charge in [-0.15, -0.1) is 0 Å². The van der Waals surface area contributed by atoms with Crippen molar-refractivity contribution < 1.29 is 4.42 Å². The number of nitrogens with one attached hydrogen (secondary N) is 1. The highest BCUT2D eigenvalue weighted by Crippen LogP contribution is 2.48. The average molecular weight is 248 g/mol. The van der Waals surface area contributed by atoms with Gasteiger partial charge >= 0.3 is 0 Å². The molecule has 3 nitrogen and oxygen atoms in total. The molecule has 1 aromatic heterocycles. The van der Waals surface area contributed by atoms with Gasteiger partial charge in [0.1, 0.15) is 5.76 Å². The minimum absolute atomic E-state index is 0.378. The van der Waals surface area contributed by atoms with Crippen LogP contribution in [-0.4, -0.2) is 17.6 Å². The fourth-order valence-corrected chi connectivity index (χ4v) is 3.13.